The Labute approximate surface area is 109 Å². The highest BCUT2D eigenvalue weighted by Crippen LogP contribution is 2.48. The molecule has 1 fully saturated rings. The third kappa shape index (κ3) is 2.91. The Balaban J connectivity index is 1.82. The van der Waals surface area contributed by atoms with Crippen LogP contribution in [0, 0.1) is 0 Å². The zero-order valence-corrected chi connectivity index (χ0v) is 11.0. The third-order valence-electron chi connectivity index (χ3n) is 3.53. The van der Waals surface area contributed by atoms with Crippen molar-refractivity contribution in [3.05, 3.63) is 35.9 Å². The monoisotopic (exact) mass is 246 g/mol. The van der Waals surface area contributed by atoms with Crippen LogP contribution in [0.1, 0.15) is 31.7 Å². The Morgan fingerprint density at radius 2 is 1.89 bits per heavy atom. The quantitative estimate of drug-likeness (QED) is 0.721. The second-order valence-electron chi connectivity index (χ2n) is 4.95. The lowest BCUT2D eigenvalue weighted by atomic mass is 9.95. The zero-order valence-electron chi connectivity index (χ0n) is 11.0. The van der Waals surface area contributed by atoms with Crippen LogP contribution in [0.4, 0.5) is 0 Å². The van der Waals surface area contributed by atoms with Crippen LogP contribution in [-0.2, 0) is 10.2 Å². The fourth-order valence-electron chi connectivity index (χ4n) is 2.26. The molecule has 1 amide bonds. The van der Waals surface area contributed by atoms with E-state index in [4.69, 9.17) is 0 Å². The SMILES string of the molecule is CCCNCCNC(=O)C1(c2ccccc2)CC1. The molecule has 18 heavy (non-hydrogen) atoms. The molecule has 0 aliphatic heterocycles. The lowest BCUT2D eigenvalue weighted by Crippen LogP contribution is -2.38. The summed E-state index contributed by atoms with van der Waals surface area (Å²) in [7, 11) is 0. The first-order chi connectivity index (χ1) is 8.79. The molecule has 0 heterocycles. The lowest BCUT2D eigenvalue weighted by Gasteiger charge is -2.15. The van der Waals surface area contributed by atoms with E-state index in [1.54, 1.807) is 0 Å². The number of hydrogen-bond donors (Lipinski definition) is 2. The molecule has 0 radical (unpaired) electrons. The minimum atomic E-state index is -0.230. The van der Waals surface area contributed by atoms with Gasteiger partial charge in [0.25, 0.3) is 0 Å². The highest BCUT2D eigenvalue weighted by Gasteiger charge is 2.50. The van der Waals surface area contributed by atoms with Gasteiger partial charge in [-0.05, 0) is 31.4 Å². The molecule has 2 N–H and O–H groups in total. The van der Waals surface area contributed by atoms with Gasteiger partial charge in [-0.2, -0.15) is 0 Å². The van der Waals surface area contributed by atoms with Gasteiger partial charge in [0.15, 0.2) is 0 Å². The van der Waals surface area contributed by atoms with Crippen LogP contribution in [0.15, 0.2) is 30.3 Å². The third-order valence-corrected chi connectivity index (χ3v) is 3.53. The summed E-state index contributed by atoms with van der Waals surface area (Å²) in [6, 6.07) is 10.1. The van der Waals surface area contributed by atoms with E-state index in [2.05, 4.69) is 29.7 Å². The summed E-state index contributed by atoms with van der Waals surface area (Å²) in [6.45, 7) is 4.72. The van der Waals surface area contributed by atoms with Crippen molar-refractivity contribution in [1.82, 2.24) is 10.6 Å². The lowest BCUT2D eigenvalue weighted by molar-refractivity contribution is -0.123. The molecule has 3 heteroatoms. The molecule has 0 aromatic heterocycles. The minimum Gasteiger partial charge on any atom is -0.354 e. The van der Waals surface area contributed by atoms with E-state index in [0.717, 1.165) is 37.9 Å². The first-order valence-corrected chi connectivity index (χ1v) is 6.84. The Morgan fingerprint density at radius 1 is 1.17 bits per heavy atom. The van der Waals surface area contributed by atoms with Crippen molar-refractivity contribution >= 4 is 5.91 Å². The second kappa shape index (κ2) is 6.01. The molecule has 3 nitrogen and oxygen atoms in total. The first kappa shape index (κ1) is 13.1. The van der Waals surface area contributed by atoms with Crippen molar-refractivity contribution in [2.45, 2.75) is 31.6 Å². The van der Waals surface area contributed by atoms with E-state index in [0.29, 0.717) is 6.54 Å². The van der Waals surface area contributed by atoms with Crippen molar-refractivity contribution in [1.29, 1.82) is 0 Å². The predicted octanol–water partition coefficient (Wildman–Crippen LogP) is 1.83. The molecule has 2 rings (SSSR count). The smallest absolute Gasteiger partial charge is 0.230 e. The van der Waals surface area contributed by atoms with Crippen molar-refractivity contribution in [2.24, 2.45) is 0 Å². The van der Waals surface area contributed by atoms with Crippen molar-refractivity contribution in [2.75, 3.05) is 19.6 Å². The van der Waals surface area contributed by atoms with Gasteiger partial charge < -0.3 is 10.6 Å². The van der Waals surface area contributed by atoms with Crippen LogP contribution in [0.3, 0.4) is 0 Å². The van der Waals surface area contributed by atoms with Crippen LogP contribution >= 0.6 is 0 Å². The van der Waals surface area contributed by atoms with E-state index in [1.165, 1.54) is 0 Å². The fraction of sp³-hybridized carbons (Fsp3) is 0.533. The Hall–Kier alpha value is -1.35. The molecule has 0 spiro atoms. The molecular weight excluding hydrogens is 224 g/mol. The van der Waals surface area contributed by atoms with Crippen LogP contribution in [-0.4, -0.2) is 25.5 Å². The maximum atomic E-state index is 12.2. The molecule has 1 saturated carbocycles. The average Bonchev–Trinajstić information content (AvgIpc) is 3.21. The number of amides is 1. The van der Waals surface area contributed by atoms with E-state index >= 15 is 0 Å². The maximum Gasteiger partial charge on any atom is 0.230 e. The van der Waals surface area contributed by atoms with Gasteiger partial charge >= 0.3 is 0 Å². The zero-order chi connectivity index (χ0) is 12.8. The Kier molecular flexibility index (Phi) is 4.37. The summed E-state index contributed by atoms with van der Waals surface area (Å²) in [5.41, 5.74) is 0.926. The fourth-order valence-corrected chi connectivity index (χ4v) is 2.26. The van der Waals surface area contributed by atoms with Crippen LogP contribution < -0.4 is 10.6 Å². The molecule has 0 saturated heterocycles. The molecule has 1 aromatic carbocycles. The standard InChI is InChI=1S/C15H22N2O/c1-2-10-16-11-12-17-14(18)15(8-9-15)13-6-4-3-5-7-13/h3-7,16H,2,8-12H2,1H3,(H,17,18). The topological polar surface area (TPSA) is 41.1 Å². The number of carbonyl (C=O) groups excluding carboxylic acids is 1. The van der Waals surface area contributed by atoms with Crippen molar-refractivity contribution < 1.29 is 4.79 Å². The molecular formula is C15H22N2O. The van der Waals surface area contributed by atoms with Gasteiger partial charge in [-0.15, -0.1) is 0 Å². The largest absolute Gasteiger partial charge is 0.354 e. The van der Waals surface area contributed by atoms with E-state index in [9.17, 15) is 4.79 Å². The Morgan fingerprint density at radius 3 is 2.50 bits per heavy atom. The molecule has 1 aliphatic carbocycles. The van der Waals surface area contributed by atoms with Gasteiger partial charge in [0, 0.05) is 13.1 Å². The average molecular weight is 246 g/mol. The maximum absolute atomic E-state index is 12.2. The summed E-state index contributed by atoms with van der Waals surface area (Å²) >= 11 is 0. The van der Waals surface area contributed by atoms with Crippen molar-refractivity contribution in [3.63, 3.8) is 0 Å². The van der Waals surface area contributed by atoms with Gasteiger partial charge in [0.05, 0.1) is 5.41 Å². The highest BCUT2D eigenvalue weighted by molar-refractivity contribution is 5.91. The summed E-state index contributed by atoms with van der Waals surface area (Å²) in [4.78, 5) is 12.2. The van der Waals surface area contributed by atoms with Gasteiger partial charge in [-0.1, -0.05) is 37.3 Å². The summed E-state index contributed by atoms with van der Waals surface area (Å²) < 4.78 is 0. The normalized spacial score (nSPS) is 16.3. The summed E-state index contributed by atoms with van der Waals surface area (Å²) in [5.74, 6) is 0.187. The number of nitrogens with one attached hydrogen (secondary N) is 2. The van der Waals surface area contributed by atoms with Gasteiger partial charge in [-0.3, -0.25) is 4.79 Å². The first-order valence-electron chi connectivity index (χ1n) is 6.84. The van der Waals surface area contributed by atoms with Crippen molar-refractivity contribution in [3.8, 4) is 0 Å². The minimum absolute atomic E-state index is 0.187. The van der Waals surface area contributed by atoms with E-state index < -0.39 is 0 Å². The van der Waals surface area contributed by atoms with Gasteiger partial charge in [-0.25, -0.2) is 0 Å². The Bertz CT molecular complexity index is 385. The number of rotatable bonds is 7. The molecule has 0 unspecified atom stereocenters. The van der Waals surface area contributed by atoms with Crippen LogP contribution in [0.25, 0.3) is 0 Å². The number of benzene rings is 1. The molecule has 0 bridgehead atoms. The molecule has 1 aromatic rings. The molecule has 98 valence electrons. The predicted molar refractivity (Wildman–Crippen MR) is 73.5 cm³/mol. The highest BCUT2D eigenvalue weighted by atomic mass is 16.2. The molecule has 1 aliphatic rings. The number of hydrogen-bond acceptors (Lipinski definition) is 2. The van der Waals surface area contributed by atoms with E-state index in [-0.39, 0.29) is 11.3 Å². The summed E-state index contributed by atoms with van der Waals surface area (Å²) in [6.07, 6.45) is 3.08. The van der Waals surface area contributed by atoms with Crippen LogP contribution in [0.2, 0.25) is 0 Å². The molecule has 0 atom stereocenters. The number of carbonyl (C=O) groups is 1. The second-order valence-corrected chi connectivity index (χ2v) is 4.95. The van der Waals surface area contributed by atoms with Gasteiger partial charge in [0.2, 0.25) is 5.91 Å². The summed E-state index contributed by atoms with van der Waals surface area (Å²) in [5, 5.41) is 6.33. The van der Waals surface area contributed by atoms with E-state index in [1.807, 2.05) is 18.2 Å². The van der Waals surface area contributed by atoms with Gasteiger partial charge in [0.1, 0.15) is 0 Å². The van der Waals surface area contributed by atoms with Crippen LogP contribution in [0.5, 0.6) is 0 Å².